The van der Waals surface area contributed by atoms with Crippen molar-refractivity contribution in [3.63, 3.8) is 0 Å². The van der Waals surface area contributed by atoms with Crippen LogP contribution in [0.15, 0.2) is 78.9 Å². The lowest BCUT2D eigenvalue weighted by molar-refractivity contribution is -0.0592. The van der Waals surface area contributed by atoms with Crippen molar-refractivity contribution in [1.82, 2.24) is 0 Å². The Kier molecular flexibility index (Phi) is 6.74. The maximum Gasteiger partial charge on any atom is 0.156 e. The van der Waals surface area contributed by atoms with Crippen LogP contribution in [0.25, 0.3) is 0 Å². The van der Waals surface area contributed by atoms with Crippen molar-refractivity contribution in [3.05, 3.63) is 95.6 Å². The van der Waals surface area contributed by atoms with Crippen LogP contribution in [-0.2, 0) is 15.1 Å². The van der Waals surface area contributed by atoms with Crippen LogP contribution in [-0.4, -0.2) is 50.9 Å². The Morgan fingerprint density at radius 2 is 1.34 bits per heavy atom. The number of rotatable bonds is 8. The highest BCUT2D eigenvalue weighted by atomic mass is 19.1. The Bertz CT molecular complexity index is 943. The molecule has 32 heavy (non-hydrogen) atoms. The second-order valence-corrected chi connectivity index (χ2v) is 7.70. The number of methoxy groups -OCH3 is 2. The topological polar surface area (TPSA) is 57.2 Å². The van der Waals surface area contributed by atoms with Gasteiger partial charge in [0.1, 0.15) is 29.3 Å². The summed E-state index contributed by atoms with van der Waals surface area (Å²) in [5.74, 6) is 1.44. The summed E-state index contributed by atoms with van der Waals surface area (Å²) in [6, 6.07) is 25.0. The van der Waals surface area contributed by atoms with Crippen molar-refractivity contribution < 1.29 is 28.4 Å². The van der Waals surface area contributed by atoms with Gasteiger partial charge in [0.2, 0.25) is 0 Å². The molecule has 1 aliphatic rings. The van der Waals surface area contributed by atoms with E-state index in [1.54, 1.807) is 14.2 Å². The zero-order chi connectivity index (χ0) is 22.6. The minimum atomic E-state index is -1.50. The SMILES string of the molecule is COc1ccc(C(OC[C@H]2OC[C@H](O)[C@@H]2F)(c2ccccc2)c2ccc(OC)cc2)cc1. The van der Waals surface area contributed by atoms with Crippen molar-refractivity contribution in [3.8, 4) is 11.5 Å². The van der Waals surface area contributed by atoms with E-state index in [2.05, 4.69) is 0 Å². The standard InChI is InChI=1S/C26H27FO5/c1-29-21-12-8-19(9-13-21)26(18-6-4-3-5-7-18,20-10-14-22(30-2)15-11-20)32-17-24-25(27)23(28)16-31-24/h3-15,23-25,28H,16-17H2,1-2H3/t23-,24+,25-/m0/s1. The molecular weight excluding hydrogens is 411 g/mol. The molecule has 1 aliphatic heterocycles. The number of hydrogen-bond donors (Lipinski definition) is 1. The summed E-state index contributed by atoms with van der Waals surface area (Å²) in [7, 11) is 3.23. The fraction of sp³-hybridized carbons (Fsp3) is 0.308. The van der Waals surface area contributed by atoms with Crippen LogP contribution in [0.1, 0.15) is 16.7 Å². The van der Waals surface area contributed by atoms with E-state index >= 15 is 0 Å². The first kappa shape index (κ1) is 22.3. The molecule has 3 aromatic carbocycles. The average molecular weight is 438 g/mol. The predicted octanol–water partition coefficient (Wildman–Crippen LogP) is 4.11. The number of aliphatic hydroxyl groups excluding tert-OH is 1. The van der Waals surface area contributed by atoms with Gasteiger partial charge in [-0.25, -0.2) is 4.39 Å². The fourth-order valence-corrected chi connectivity index (χ4v) is 4.08. The maximum atomic E-state index is 14.5. The highest BCUT2D eigenvalue weighted by Gasteiger charge is 2.42. The highest BCUT2D eigenvalue weighted by Crippen LogP contribution is 2.42. The minimum Gasteiger partial charge on any atom is -0.497 e. The molecule has 0 bridgehead atoms. The molecule has 4 rings (SSSR count). The van der Waals surface area contributed by atoms with E-state index in [9.17, 15) is 9.50 Å². The van der Waals surface area contributed by atoms with Crippen LogP contribution in [0.2, 0.25) is 0 Å². The van der Waals surface area contributed by atoms with Crippen LogP contribution in [0.4, 0.5) is 4.39 Å². The van der Waals surface area contributed by atoms with E-state index in [4.69, 9.17) is 18.9 Å². The molecule has 0 aliphatic carbocycles. The molecule has 0 amide bonds. The van der Waals surface area contributed by atoms with E-state index in [-0.39, 0.29) is 13.2 Å². The molecule has 6 heteroatoms. The van der Waals surface area contributed by atoms with E-state index in [0.29, 0.717) is 0 Å². The quantitative estimate of drug-likeness (QED) is 0.537. The molecule has 5 nitrogen and oxygen atoms in total. The number of alkyl halides is 1. The number of ether oxygens (including phenoxy) is 4. The van der Waals surface area contributed by atoms with E-state index < -0.39 is 24.0 Å². The van der Waals surface area contributed by atoms with Gasteiger partial charge >= 0.3 is 0 Å². The lowest BCUT2D eigenvalue weighted by Gasteiger charge is -2.37. The molecule has 1 heterocycles. The average Bonchev–Trinajstić information content (AvgIpc) is 3.18. The number of hydrogen-bond acceptors (Lipinski definition) is 5. The summed E-state index contributed by atoms with van der Waals surface area (Å²) in [6.45, 7) is -0.0796. The lowest BCUT2D eigenvalue weighted by atomic mass is 9.80. The summed E-state index contributed by atoms with van der Waals surface area (Å²) < 4.78 is 37.2. The second-order valence-electron chi connectivity index (χ2n) is 7.70. The largest absolute Gasteiger partial charge is 0.497 e. The third-order valence-corrected chi connectivity index (χ3v) is 5.84. The minimum absolute atomic E-state index is 0.0365. The number of benzene rings is 3. The number of halogens is 1. The van der Waals surface area contributed by atoms with Crippen molar-refractivity contribution >= 4 is 0 Å². The van der Waals surface area contributed by atoms with Gasteiger partial charge in [0.05, 0.1) is 27.4 Å². The molecule has 3 aromatic rings. The summed E-state index contributed by atoms with van der Waals surface area (Å²) in [5, 5.41) is 9.78. The summed E-state index contributed by atoms with van der Waals surface area (Å²) in [4.78, 5) is 0. The molecule has 0 radical (unpaired) electrons. The first-order valence-electron chi connectivity index (χ1n) is 10.5. The van der Waals surface area contributed by atoms with Crippen molar-refractivity contribution in [1.29, 1.82) is 0 Å². The van der Waals surface area contributed by atoms with Gasteiger partial charge in [-0.2, -0.15) is 0 Å². The Morgan fingerprint density at radius 3 is 1.78 bits per heavy atom. The molecule has 0 spiro atoms. The van der Waals surface area contributed by atoms with Crippen molar-refractivity contribution in [2.75, 3.05) is 27.4 Å². The van der Waals surface area contributed by atoms with Gasteiger partial charge < -0.3 is 24.1 Å². The molecule has 1 saturated heterocycles. The molecule has 0 aromatic heterocycles. The Hall–Kier alpha value is -2.93. The van der Waals surface area contributed by atoms with Gasteiger partial charge in [-0.05, 0) is 41.0 Å². The monoisotopic (exact) mass is 438 g/mol. The van der Waals surface area contributed by atoms with Gasteiger partial charge in [-0.3, -0.25) is 0 Å². The zero-order valence-electron chi connectivity index (χ0n) is 18.1. The molecule has 0 unspecified atom stereocenters. The third kappa shape index (κ3) is 4.21. The summed E-state index contributed by atoms with van der Waals surface area (Å²) in [5.41, 5.74) is 1.53. The van der Waals surface area contributed by atoms with Gasteiger partial charge in [0.15, 0.2) is 6.17 Å². The van der Waals surface area contributed by atoms with Gasteiger partial charge in [0, 0.05) is 0 Å². The van der Waals surface area contributed by atoms with Crippen LogP contribution in [0.3, 0.4) is 0 Å². The van der Waals surface area contributed by atoms with Crippen LogP contribution < -0.4 is 9.47 Å². The zero-order valence-corrected chi connectivity index (χ0v) is 18.1. The molecular formula is C26H27FO5. The van der Waals surface area contributed by atoms with Crippen molar-refractivity contribution in [2.45, 2.75) is 24.0 Å². The molecule has 1 fully saturated rings. The fourth-order valence-electron chi connectivity index (χ4n) is 4.08. The van der Waals surface area contributed by atoms with E-state index in [1.807, 2.05) is 78.9 Å². The molecule has 1 N–H and O–H groups in total. The number of aliphatic hydroxyl groups is 1. The first-order chi connectivity index (χ1) is 15.6. The van der Waals surface area contributed by atoms with E-state index in [1.165, 1.54) is 0 Å². The molecule has 3 atom stereocenters. The third-order valence-electron chi connectivity index (χ3n) is 5.84. The van der Waals surface area contributed by atoms with Gasteiger partial charge in [-0.1, -0.05) is 54.6 Å². The Balaban J connectivity index is 1.84. The van der Waals surface area contributed by atoms with Gasteiger partial charge in [-0.15, -0.1) is 0 Å². The van der Waals surface area contributed by atoms with Gasteiger partial charge in [0.25, 0.3) is 0 Å². The molecule has 0 saturated carbocycles. The second kappa shape index (κ2) is 9.69. The smallest absolute Gasteiger partial charge is 0.156 e. The van der Waals surface area contributed by atoms with Crippen molar-refractivity contribution in [2.24, 2.45) is 0 Å². The molecule has 168 valence electrons. The Labute approximate surface area is 187 Å². The van der Waals surface area contributed by atoms with E-state index in [0.717, 1.165) is 28.2 Å². The lowest BCUT2D eigenvalue weighted by Crippen LogP contribution is -2.38. The first-order valence-corrected chi connectivity index (χ1v) is 10.5. The predicted molar refractivity (Wildman–Crippen MR) is 119 cm³/mol. The van der Waals surface area contributed by atoms with Crippen LogP contribution >= 0.6 is 0 Å². The van der Waals surface area contributed by atoms with Crippen LogP contribution in [0.5, 0.6) is 11.5 Å². The summed E-state index contributed by atoms with van der Waals surface area (Å²) in [6.07, 6.45) is -3.50. The summed E-state index contributed by atoms with van der Waals surface area (Å²) >= 11 is 0. The highest BCUT2D eigenvalue weighted by molar-refractivity contribution is 5.49. The Morgan fingerprint density at radius 1 is 0.844 bits per heavy atom. The maximum absolute atomic E-state index is 14.5. The normalized spacial score (nSPS) is 20.8. The van der Waals surface area contributed by atoms with Crippen LogP contribution in [0, 0.1) is 0 Å².